The zero-order valence-electron chi connectivity index (χ0n) is 8.00. The summed E-state index contributed by atoms with van der Waals surface area (Å²) in [7, 11) is 0. The number of hydrogen-bond acceptors (Lipinski definition) is 1. The largest absolute Gasteiger partial charge is 0.389 e. The van der Waals surface area contributed by atoms with Gasteiger partial charge in [-0.2, -0.15) is 13.2 Å². The summed E-state index contributed by atoms with van der Waals surface area (Å²) in [6.07, 6.45) is -5.01. The lowest BCUT2D eigenvalue weighted by atomic mass is 10.0. The lowest BCUT2D eigenvalue weighted by Gasteiger charge is -2.13. The first kappa shape index (κ1) is 14.3. The van der Waals surface area contributed by atoms with Crippen molar-refractivity contribution in [2.45, 2.75) is 25.1 Å². The average Bonchev–Trinajstić information content (AvgIpc) is 2.14. The van der Waals surface area contributed by atoms with E-state index in [0.29, 0.717) is 0 Å². The van der Waals surface area contributed by atoms with Crippen LogP contribution in [0.5, 0.6) is 0 Å². The number of hydrogen-bond donors (Lipinski definition) is 1. The Bertz CT molecular complexity index is 274. The normalized spacial score (nSPS) is 13.1. The molecule has 1 nitrogen and oxygen atoms in total. The van der Waals surface area contributed by atoms with Crippen LogP contribution in [-0.4, -0.2) is 6.18 Å². The van der Waals surface area contributed by atoms with E-state index in [1.807, 2.05) is 0 Å². The van der Waals surface area contributed by atoms with E-state index in [-0.39, 0.29) is 18.8 Å². The lowest BCUT2D eigenvalue weighted by Crippen LogP contribution is -2.15. The summed E-state index contributed by atoms with van der Waals surface area (Å²) in [5.41, 5.74) is 6.35. The zero-order chi connectivity index (χ0) is 10.6. The van der Waals surface area contributed by atoms with Crippen molar-refractivity contribution < 1.29 is 13.2 Å². The van der Waals surface area contributed by atoms with E-state index in [4.69, 9.17) is 5.73 Å². The van der Waals surface area contributed by atoms with Crippen LogP contribution in [0.25, 0.3) is 0 Å². The third kappa shape index (κ3) is 5.64. The highest BCUT2D eigenvalue weighted by atomic mass is 35.5. The number of nitrogens with two attached hydrogens (primary N) is 1. The van der Waals surface area contributed by atoms with Crippen LogP contribution in [0.4, 0.5) is 13.2 Å². The van der Waals surface area contributed by atoms with Gasteiger partial charge in [-0.1, -0.05) is 30.3 Å². The van der Waals surface area contributed by atoms with Crippen molar-refractivity contribution in [2.75, 3.05) is 0 Å². The van der Waals surface area contributed by atoms with Crippen LogP contribution in [0.3, 0.4) is 0 Å². The number of alkyl halides is 3. The SMILES string of the molecule is Cl.N[C@@H](CCC(F)(F)F)c1ccccc1. The highest BCUT2D eigenvalue weighted by Gasteiger charge is 2.27. The molecule has 0 bridgehead atoms. The van der Waals surface area contributed by atoms with Gasteiger partial charge < -0.3 is 5.73 Å². The van der Waals surface area contributed by atoms with Crippen LogP contribution in [0, 0.1) is 0 Å². The van der Waals surface area contributed by atoms with E-state index >= 15 is 0 Å². The van der Waals surface area contributed by atoms with Gasteiger partial charge in [0.05, 0.1) is 0 Å². The molecule has 0 aliphatic heterocycles. The average molecular weight is 240 g/mol. The predicted molar refractivity (Wildman–Crippen MR) is 55.9 cm³/mol. The first-order valence-corrected chi connectivity index (χ1v) is 4.36. The molecule has 15 heavy (non-hydrogen) atoms. The Labute approximate surface area is 92.9 Å². The maximum absolute atomic E-state index is 11.9. The van der Waals surface area contributed by atoms with E-state index in [0.717, 1.165) is 5.56 Å². The molecular weight excluding hydrogens is 227 g/mol. The summed E-state index contributed by atoms with van der Waals surface area (Å²) in [4.78, 5) is 0. The summed E-state index contributed by atoms with van der Waals surface area (Å²) >= 11 is 0. The van der Waals surface area contributed by atoms with Crippen LogP contribution in [0.15, 0.2) is 30.3 Å². The van der Waals surface area contributed by atoms with Crippen LogP contribution in [0.1, 0.15) is 24.4 Å². The van der Waals surface area contributed by atoms with Gasteiger partial charge in [-0.05, 0) is 12.0 Å². The highest BCUT2D eigenvalue weighted by Crippen LogP contribution is 2.25. The fourth-order valence-electron chi connectivity index (χ4n) is 1.19. The molecule has 0 fully saturated rings. The Balaban J connectivity index is 0.00000196. The second kappa shape index (κ2) is 5.98. The van der Waals surface area contributed by atoms with Crippen molar-refractivity contribution in [3.05, 3.63) is 35.9 Å². The molecule has 0 aliphatic rings. The van der Waals surface area contributed by atoms with Gasteiger partial charge in [-0.15, -0.1) is 12.4 Å². The molecule has 0 heterocycles. The maximum atomic E-state index is 11.9. The fraction of sp³-hybridized carbons (Fsp3) is 0.400. The standard InChI is InChI=1S/C10H12F3N.ClH/c11-10(12,13)7-6-9(14)8-4-2-1-3-5-8;/h1-5,9H,6-7,14H2;1H/t9-;/m0./s1. The third-order valence-electron chi connectivity index (χ3n) is 1.97. The molecule has 0 aromatic heterocycles. The molecule has 1 rings (SSSR count). The van der Waals surface area contributed by atoms with Crippen LogP contribution >= 0.6 is 12.4 Å². The van der Waals surface area contributed by atoms with E-state index in [1.54, 1.807) is 30.3 Å². The number of benzene rings is 1. The maximum Gasteiger partial charge on any atom is 0.389 e. The summed E-state index contributed by atoms with van der Waals surface area (Å²) in [6.45, 7) is 0. The first-order chi connectivity index (χ1) is 6.49. The van der Waals surface area contributed by atoms with Crippen molar-refractivity contribution in [3.63, 3.8) is 0 Å². The molecule has 1 aromatic carbocycles. The van der Waals surface area contributed by atoms with Crippen LogP contribution < -0.4 is 5.73 Å². The first-order valence-electron chi connectivity index (χ1n) is 4.36. The minimum absolute atomic E-state index is 0. The molecule has 0 unspecified atom stereocenters. The quantitative estimate of drug-likeness (QED) is 0.859. The monoisotopic (exact) mass is 239 g/mol. The zero-order valence-corrected chi connectivity index (χ0v) is 8.81. The molecule has 0 saturated carbocycles. The van der Waals surface area contributed by atoms with Gasteiger partial charge in [-0.3, -0.25) is 0 Å². The Morgan fingerprint density at radius 1 is 1.13 bits per heavy atom. The van der Waals surface area contributed by atoms with Gasteiger partial charge in [0.25, 0.3) is 0 Å². The summed E-state index contributed by atoms with van der Waals surface area (Å²) in [6, 6.07) is 8.28. The topological polar surface area (TPSA) is 26.0 Å². The molecule has 0 spiro atoms. The minimum atomic E-state index is -4.12. The van der Waals surface area contributed by atoms with Crippen molar-refractivity contribution in [1.82, 2.24) is 0 Å². The van der Waals surface area contributed by atoms with Gasteiger partial charge in [0, 0.05) is 12.5 Å². The van der Waals surface area contributed by atoms with Gasteiger partial charge in [0.2, 0.25) is 0 Å². The minimum Gasteiger partial charge on any atom is -0.324 e. The third-order valence-corrected chi connectivity index (χ3v) is 1.97. The highest BCUT2D eigenvalue weighted by molar-refractivity contribution is 5.85. The number of halogens is 4. The number of rotatable bonds is 3. The van der Waals surface area contributed by atoms with Crippen molar-refractivity contribution in [2.24, 2.45) is 5.73 Å². The molecular formula is C10H13ClF3N. The van der Waals surface area contributed by atoms with Crippen molar-refractivity contribution >= 4 is 12.4 Å². The lowest BCUT2D eigenvalue weighted by molar-refractivity contribution is -0.136. The molecule has 1 aromatic rings. The molecule has 0 radical (unpaired) electrons. The molecule has 0 amide bonds. The van der Waals surface area contributed by atoms with E-state index in [1.165, 1.54) is 0 Å². The summed E-state index contributed by atoms with van der Waals surface area (Å²) in [5.74, 6) is 0. The Morgan fingerprint density at radius 2 is 1.67 bits per heavy atom. The molecule has 0 aliphatic carbocycles. The predicted octanol–water partition coefficient (Wildman–Crippen LogP) is 3.45. The molecule has 1 atom stereocenters. The summed E-state index contributed by atoms with van der Waals surface area (Å²) < 4.78 is 35.6. The van der Waals surface area contributed by atoms with Crippen molar-refractivity contribution in [3.8, 4) is 0 Å². The Kier molecular flexibility index (Phi) is 5.68. The van der Waals surface area contributed by atoms with Crippen LogP contribution in [0.2, 0.25) is 0 Å². The van der Waals surface area contributed by atoms with Gasteiger partial charge in [0.1, 0.15) is 0 Å². The van der Waals surface area contributed by atoms with Gasteiger partial charge in [-0.25, -0.2) is 0 Å². The molecule has 5 heteroatoms. The fourth-order valence-corrected chi connectivity index (χ4v) is 1.19. The molecule has 86 valence electrons. The van der Waals surface area contributed by atoms with Crippen LogP contribution in [-0.2, 0) is 0 Å². The van der Waals surface area contributed by atoms with E-state index in [2.05, 4.69) is 0 Å². The van der Waals surface area contributed by atoms with Crippen molar-refractivity contribution in [1.29, 1.82) is 0 Å². The molecule has 2 N–H and O–H groups in total. The van der Waals surface area contributed by atoms with Gasteiger partial charge >= 0.3 is 6.18 Å². The van der Waals surface area contributed by atoms with E-state index < -0.39 is 18.6 Å². The Hall–Kier alpha value is -0.740. The van der Waals surface area contributed by atoms with E-state index in [9.17, 15) is 13.2 Å². The smallest absolute Gasteiger partial charge is 0.324 e. The summed E-state index contributed by atoms with van der Waals surface area (Å²) in [5, 5.41) is 0. The second-order valence-corrected chi connectivity index (χ2v) is 3.17. The second-order valence-electron chi connectivity index (χ2n) is 3.17. The molecule has 0 saturated heterocycles. The Morgan fingerprint density at radius 3 is 2.13 bits per heavy atom. The van der Waals surface area contributed by atoms with Gasteiger partial charge in [0.15, 0.2) is 0 Å².